The van der Waals surface area contributed by atoms with Crippen LogP contribution in [0, 0.1) is 0 Å². The lowest BCUT2D eigenvalue weighted by atomic mass is 9.72. The van der Waals surface area contributed by atoms with Gasteiger partial charge in [-0.25, -0.2) is 0 Å². The monoisotopic (exact) mass is 276 g/mol. The van der Waals surface area contributed by atoms with Gasteiger partial charge in [-0.15, -0.1) is 0 Å². The van der Waals surface area contributed by atoms with E-state index in [0.29, 0.717) is 0 Å². The van der Waals surface area contributed by atoms with Gasteiger partial charge in [-0.2, -0.15) is 0 Å². The fourth-order valence-corrected chi connectivity index (χ4v) is 2.90. The number of aliphatic hydroxyl groups excluding tert-OH is 1. The highest BCUT2D eigenvalue weighted by molar-refractivity contribution is 5.88. The van der Waals surface area contributed by atoms with Crippen molar-refractivity contribution in [1.82, 2.24) is 10.2 Å². The summed E-state index contributed by atoms with van der Waals surface area (Å²) in [6.07, 6.45) is 1.61. The molecule has 20 heavy (non-hydrogen) atoms. The average Bonchev–Trinajstić information content (AvgIpc) is 2.54. The fraction of sp³-hybridized carbons (Fsp3) is 0.562. The number of nitrogens with zero attached hydrogens (tertiary/aromatic N) is 1. The molecule has 0 aromatic heterocycles. The molecular formula is C16H24N2O2. The van der Waals surface area contributed by atoms with Crippen molar-refractivity contribution in [3.8, 4) is 0 Å². The summed E-state index contributed by atoms with van der Waals surface area (Å²) in [6, 6.07) is 9.88. The number of carbonyl (C=O) groups excluding carboxylic acids is 1. The molecule has 1 fully saturated rings. The first-order valence-electron chi connectivity index (χ1n) is 7.26. The van der Waals surface area contributed by atoms with Crippen LogP contribution in [-0.4, -0.2) is 48.7 Å². The van der Waals surface area contributed by atoms with E-state index in [-0.39, 0.29) is 18.6 Å². The molecule has 1 amide bonds. The molecule has 1 unspecified atom stereocenters. The van der Waals surface area contributed by atoms with Gasteiger partial charge in [0.2, 0.25) is 5.91 Å². The Kier molecular flexibility index (Phi) is 4.78. The number of aliphatic hydroxyl groups is 1. The van der Waals surface area contributed by atoms with Crippen LogP contribution in [0.2, 0.25) is 0 Å². The molecule has 0 spiro atoms. The van der Waals surface area contributed by atoms with E-state index < -0.39 is 5.41 Å². The van der Waals surface area contributed by atoms with Crippen LogP contribution in [0.15, 0.2) is 30.3 Å². The third kappa shape index (κ3) is 2.72. The second-order valence-electron chi connectivity index (χ2n) is 5.65. The molecule has 2 N–H and O–H groups in total. The van der Waals surface area contributed by atoms with Gasteiger partial charge in [-0.3, -0.25) is 4.79 Å². The maximum Gasteiger partial charge on any atom is 0.233 e. The molecule has 4 heteroatoms. The van der Waals surface area contributed by atoms with Crippen molar-refractivity contribution in [2.75, 3.05) is 26.7 Å². The van der Waals surface area contributed by atoms with Gasteiger partial charge in [0.1, 0.15) is 0 Å². The molecule has 0 radical (unpaired) electrons. The van der Waals surface area contributed by atoms with Gasteiger partial charge in [0, 0.05) is 7.05 Å². The second kappa shape index (κ2) is 6.37. The van der Waals surface area contributed by atoms with Crippen molar-refractivity contribution in [3.05, 3.63) is 35.9 Å². The van der Waals surface area contributed by atoms with Crippen molar-refractivity contribution in [1.29, 1.82) is 0 Å². The summed E-state index contributed by atoms with van der Waals surface area (Å²) in [6.45, 7) is 3.56. The highest BCUT2D eigenvalue weighted by Gasteiger charge is 2.43. The SMILES string of the molecule is CC(CO)N(C)C(=O)C1(c2ccccc2)CCNCC1. The van der Waals surface area contributed by atoms with Crippen LogP contribution in [0.25, 0.3) is 0 Å². The van der Waals surface area contributed by atoms with E-state index in [1.54, 1.807) is 11.9 Å². The normalized spacial score (nSPS) is 19.4. The van der Waals surface area contributed by atoms with Gasteiger partial charge in [0.05, 0.1) is 18.1 Å². The summed E-state index contributed by atoms with van der Waals surface area (Å²) >= 11 is 0. The first-order chi connectivity index (χ1) is 9.62. The predicted octanol–water partition coefficient (Wildman–Crippen LogP) is 1.15. The van der Waals surface area contributed by atoms with Gasteiger partial charge < -0.3 is 15.3 Å². The Balaban J connectivity index is 2.35. The number of likely N-dealkylation sites (N-methyl/N-ethyl adjacent to an activating group) is 1. The number of hydrogen-bond acceptors (Lipinski definition) is 3. The molecule has 1 atom stereocenters. The van der Waals surface area contributed by atoms with E-state index in [0.717, 1.165) is 31.5 Å². The average molecular weight is 276 g/mol. The van der Waals surface area contributed by atoms with Crippen LogP contribution < -0.4 is 5.32 Å². The van der Waals surface area contributed by atoms with Crippen LogP contribution in [0.5, 0.6) is 0 Å². The van der Waals surface area contributed by atoms with Gasteiger partial charge in [0.25, 0.3) is 0 Å². The number of benzene rings is 1. The fourth-order valence-electron chi connectivity index (χ4n) is 2.90. The Hall–Kier alpha value is -1.39. The van der Waals surface area contributed by atoms with Crippen molar-refractivity contribution in [2.24, 2.45) is 0 Å². The molecular weight excluding hydrogens is 252 g/mol. The first-order valence-corrected chi connectivity index (χ1v) is 7.26. The highest BCUT2D eigenvalue weighted by Crippen LogP contribution is 2.35. The number of hydrogen-bond donors (Lipinski definition) is 2. The van der Waals surface area contributed by atoms with Crippen LogP contribution in [0.3, 0.4) is 0 Å². The Bertz CT molecular complexity index is 441. The smallest absolute Gasteiger partial charge is 0.233 e. The highest BCUT2D eigenvalue weighted by atomic mass is 16.3. The number of piperidine rings is 1. The van der Waals surface area contributed by atoms with Crippen molar-refractivity contribution >= 4 is 5.91 Å². The maximum absolute atomic E-state index is 13.0. The van der Waals surface area contributed by atoms with Crippen molar-refractivity contribution < 1.29 is 9.90 Å². The molecule has 1 aliphatic heterocycles. The largest absolute Gasteiger partial charge is 0.394 e. The predicted molar refractivity (Wildman–Crippen MR) is 79.5 cm³/mol. The summed E-state index contributed by atoms with van der Waals surface area (Å²) < 4.78 is 0. The van der Waals surface area contributed by atoms with Gasteiger partial charge in [0.15, 0.2) is 0 Å². The topological polar surface area (TPSA) is 52.6 Å². The third-order valence-corrected chi connectivity index (χ3v) is 4.44. The van der Waals surface area contributed by atoms with E-state index in [1.165, 1.54) is 0 Å². The molecule has 1 aromatic carbocycles. The molecule has 0 saturated carbocycles. The molecule has 1 aromatic rings. The lowest BCUT2D eigenvalue weighted by Crippen LogP contribution is -2.53. The lowest BCUT2D eigenvalue weighted by molar-refractivity contribution is -0.139. The van der Waals surface area contributed by atoms with Crippen molar-refractivity contribution in [2.45, 2.75) is 31.2 Å². The molecule has 1 heterocycles. The number of rotatable bonds is 4. The maximum atomic E-state index is 13.0. The van der Waals surface area contributed by atoms with Crippen LogP contribution in [-0.2, 0) is 10.2 Å². The third-order valence-electron chi connectivity index (χ3n) is 4.44. The number of carbonyl (C=O) groups is 1. The molecule has 0 aliphatic carbocycles. The Labute approximate surface area is 120 Å². The van der Waals surface area contributed by atoms with Gasteiger partial charge in [-0.05, 0) is 38.4 Å². The Morgan fingerprint density at radius 2 is 1.95 bits per heavy atom. The summed E-state index contributed by atoms with van der Waals surface area (Å²) in [5, 5.41) is 12.6. The van der Waals surface area contributed by atoms with Crippen LogP contribution in [0.1, 0.15) is 25.3 Å². The molecule has 0 bridgehead atoms. The zero-order chi connectivity index (χ0) is 14.6. The quantitative estimate of drug-likeness (QED) is 0.867. The van der Waals surface area contributed by atoms with E-state index in [1.807, 2.05) is 37.3 Å². The lowest BCUT2D eigenvalue weighted by Gasteiger charge is -2.40. The summed E-state index contributed by atoms with van der Waals surface area (Å²) in [4.78, 5) is 14.7. The molecule has 1 aliphatic rings. The van der Waals surface area contributed by atoms with Gasteiger partial charge in [-0.1, -0.05) is 30.3 Å². The number of nitrogens with one attached hydrogen (secondary N) is 1. The summed E-state index contributed by atoms with van der Waals surface area (Å²) in [7, 11) is 1.79. The minimum absolute atomic E-state index is 0.00857. The van der Waals surface area contributed by atoms with Crippen molar-refractivity contribution in [3.63, 3.8) is 0 Å². The second-order valence-corrected chi connectivity index (χ2v) is 5.65. The molecule has 2 rings (SSSR count). The van der Waals surface area contributed by atoms with Crippen LogP contribution in [0.4, 0.5) is 0 Å². The Morgan fingerprint density at radius 3 is 2.50 bits per heavy atom. The molecule has 1 saturated heterocycles. The van der Waals surface area contributed by atoms with E-state index in [4.69, 9.17) is 0 Å². The standard InChI is InChI=1S/C16H24N2O2/c1-13(12-19)18(2)15(20)16(8-10-17-11-9-16)14-6-4-3-5-7-14/h3-7,13,17,19H,8-12H2,1-2H3. The molecule has 110 valence electrons. The minimum atomic E-state index is -0.454. The summed E-state index contributed by atoms with van der Waals surface area (Å²) in [5.41, 5.74) is 0.633. The van der Waals surface area contributed by atoms with E-state index in [2.05, 4.69) is 5.32 Å². The summed E-state index contributed by atoms with van der Waals surface area (Å²) in [5.74, 6) is 0.117. The van der Waals surface area contributed by atoms with Crippen LogP contribution >= 0.6 is 0 Å². The molecule has 4 nitrogen and oxygen atoms in total. The number of amides is 1. The van der Waals surface area contributed by atoms with E-state index >= 15 is 0 Å². The Morgan fingerprint density at radius 1 is 1.35 bits per heavy atom. The van der Waals surface area contributed by atoms with Gasteiger partial charge >= 0.3 is 0 Å². The minimum Gasteiger partial charge on any atom is -0.394 e. The zero-order valence-corrected chi connectivity index (χ0v) is 12.3. The zero-order valence-electron chi connectivity index (χ0n) is 12.3. The first kappa shape index (κ1) is 15.0. The van der Waals surface area contributed by atoms with E-state index in [9.17, 15) is 9.90 Å².